The summed E-state index contributed by atoms with van der Waals surface area (Å²) in [7, 11) is -3.61. The molecule has 2 aromatic heterocycles. The zero-order chi connectivity index (χ0) is 21.1. The van der Waals surface area contributed by atoms with Gasteiger partial charge in [0, 0.05) is 47.0 Å². The third-order valence-electron chi connectivity index (χ3n) is 5.39. The van der Waals surface area contributed by atoms with Gasteiger partial charge in [-0.3, -0.25) is 4.98 Å². The maximum atomic E-state index is 12.8. The number of halogens is 1. The molecule has 4 aromatic rings. The SMILES string of the molecule is C[C@H](CC(N)CCc1c[nH]c2ccccc12)NS(=O)(=O)c1ccc2cnccc2c1.Cl. The molecular weight excluding hydrogens is 432 g/mol. The van der Waals surface area contributed by atoms with Crippen LogP contribution in [0.3, 0.4) is 0 Å². The van der Waals surface area contributed by atoms with Crippen molar-refractivity contribution in [3.8, 4) is 0 Å². The number of pyridine rings is 1. The van der Waals surface area contributed by atoms with E-state index in [2.05, 4.69) is 26.8 Å². The molecule has 1 unspecified atom stereocenters. The summed E-state index contributed by atoms with van der Waals surface area (Å²) < 4.78 is 28.3. The first-order valence-corrected chi connectivity index (χ1v) is 11.6. The number of nitrogens with two attached hydrogens (primary N) is 1. The Bertz CT molecular complexity index is 1270. The summed E-state index contributed by atoms with van der Waals surface area (Å²) in [6.07, 6.45) is 7.61. The van der Waals surface area contributed by atoms with Crippen molar-refractivity contribution in [2.75, 3.05) is 0 Å². The van der Waals surface area contributed by atoms with Gasteiger partial charge in [-0.2, -0.15) is 0 Å². The van der Waals surface area contributed by atoms with E-state index < -0.39 is 10.0 Å². The molecule has 0 aliphatic rings. The van der Waals surface area contributed by atoms with E-state index in [1.165, 1.54) is 10.9 Å². The molecule has 6 nitrogen and oxygen atoms in total. The van der Waals surface area contributed by atoms with Crippen LogP contribution in [0.2, 0.25) is 0 Å². The molecule has 2 aromatic carbocycles. The lowest BCUT2D eigenvalue weighted by Crippen LogP contribution is -2.37. The number of rotatable bonds is 8. The van der Waals surface area contributed by atoms with Crippen LogP contribution in [0.5, 0.6) is 0 Å². The maximum Gasteiger partial charge on any atom is 0.240 e. The van der Waals surface area contributed by atoms with E-state index in [9.17, 15) is 8.42 Å². The van der Waals surface area contributed by atoms with E-state index in [0.717, 1.165) is 29.1 Å². The summed E-state index contributed by atoms with van der Waals surface area (Å²) >= 11 is 0. The highest BCUT2D eigenvalue weighted by atomic mass is 35.5. The molecule has 0 amide bonds. The Morgan fingerprint density at radius 3 is 2.77 bits per heavy atom. The number of aromatic amines is 1. The molecule has 0 aliphatic heterocycles. The number of aromatic nitrogens is 2. The van der Waals surface area contributed by atoms with Crippen molar-refractivity contribution in [1.29, 1.82) is 0 Å². The second-order valence-corrected chi connectivity index (χ2v) is 9.51. The lowest BCUT2D eigenvalue weighted by atomic mass is 10.0. The number of hydrogen-bond acceptors (Lipinski definition) is 4. The number of nitrogens with zero attached hydrogens (tertiary/aromatic N) is 1. The van der Waals surface area contributed by atoms with Gasteiger partial charge in [0.05, 0.1) is 4.90 Å². The van der Waals surface area contributed by atoms with Crippen LogP contribution in [0.4, 0.5) is 0 Å². The highest BCUT2D eigenvalue weighted by Crippen LogP contribution is 2.21. The van der Waals surface area contributed by atoms with Crippen LogP contribution in [0, 0.1) is 0 Å². The molecule has 0 fully saturated rings. The molecule has 2 atom stereocenters. The second-order valence-electron chi connectivity index (χ2n) is 7.80. The van der Waals surface area contributed by atoms with Crippen molar-refractivity contribution in [3.05, 3.63) is 72.7 Å². The molecule has 0 radical (unpaired) electrons. The topological polar surface area (TPSA) is 101 Å². The standard InChI is InChI=1S/C23H26N4O2S.ClH/c1-16(12-20(24)8-6-19-15-26-23-5-3-2-4-22(19)23)27-30(28,29)21-9-7-18-14-25-11-10-17(18)13-21;/h2-5,7,9-11,13-16,20,26-27H,6,8,12,24H2,1H3;1H/t16-,20?;/m1./s1. The number of aryl methyl sites for hydroxylation is 1. The first kappa shape index (κ1) is 23.2. The van der Waals surface area contributed by atoms with E-state index >= 15 is 0 Å². The van der Waals surface area contributed by atoms with Crippen molar-refractivity contribution in [2.24, 2.45) is 5.73 Å². The zero-order valence-corrected chi connectivity index (χ0v) is 18.9. The van der Waals surface area contributed by atoms with Crippen molar-refractivity contribution < 1.29 is 8.42 Å². The van der Waals surface area contributed by atoms with Crippen LogP contribution in [0.1, 0.15) is 25.3 Å². The summed E-state index contributed by atoms with van der Waals surface area (Å²) in [6.45, 7) is 1.86. The number of H-pyrrole nitrogens is 1. The number of fused-ring (bicyclic) bond motifs is 2. The Hall–Kier alpha value is -2.45. The van der Waals surface area contributed by atoms with Crippen molar-refractivity contribution in [3.63, 3.8) is 0 Å². The van der Waals surface area contributed by atoms with Crippen LogP contribution < -0.4 is 10.5 Å². The van der Waals surface area contributed by atoms with Crippen LogP contribution in [0.25, 0.3) is 21.7 Å². The fourth-order valence-corrected chi connectivity index (χ4v) is 5.15. The summed E-state index contributed by atoms with van der Waals surface area (Å²) in [5.74, 6) is 0. The van der Waals surface area contributed by atoms with Gasteiger partial charge < -0.3 is 10.7 Å². The average molecular weight is 459 g/mol. The Kier molecular flexibility index (Phi) is 7.33. The van der Waals surface area contributed by atoms with Gasteiger partial charge >= 0.3 is 0 Å². The van der Waals surface area contributed by atoms with Gasteiger partial charge in [-0.05, 0) is 61.4 Å². The van der Waals surface area contributed by atoms with Crippen molar-refractivity contribution >= 4 is 44.1 Å². The predicted octanol–water partition coefficient (Wildman–Crippen LogP) is 4.15. The van der Waals surface area contributed by atoms with Gasteiger partial charge in [-0.15, -0.1) is 12.4 Å². The lowest BCUT2D eigenvalue weighted by Gasteiger charge is -2.19. The van der Waals surface area contributed by atoms with E-state index in [4.69, 9.17) is 5.73 Å². The molecule has 164 valence electrons. The normalized spacial score (nSPS) is 13.7. The van der Waals surface area contributed by atoms with E-state index in [0.29, 0.717) is 6.42 Å². The van der Waals surface area contributed by atoms with Crippen LogP contribution in [-0.4, -0.2) is 30.5 Å². The second kappa shape index (κ2) is 9.78. The number of para-hydroxylation sites is 1. The Labute approximate surface area is 188 Å². The first-order chi connectivity index (χ1) is 14.4. The highest BCUT2D eigenvalue weighted by molar-refractivity contribution is 7.89. The number of nitrogens with one attached hydrogen (secondary N) is 2. The fourth-order valence-electron chi connectivity index (χ4n) is 3.86. The lowest BCUT2D eigenvalue weighted by molar-refractivity contribution is 0.485. The van der Waals surface area contributed by atoms with E-state index in [-0.39, 0.29) is 29.4 Å². The summed E-state index contributed by atoms with van der Waals surface area (Å²) in [4.78, 5) is 7.59. The highest BCUT2D eigenvalue weighted by Gasteiger charge is 2.19. The van der Waals surface area contributed by atoms with Gasteiger partial charge in [0.2, 0.25) is 10.0 Å². The number of benzene rings is 2. The third kappa shape index (κ3) is 5.43. The largest absolute Gasteiger partial charge is 0.361 e. The smallest absolute Gasteiger partial charge is 0.240 e. The predicted molar refractivity (Wildman–Crippen MR) is 128 cm³/mol. The molecule has 0 saturated heterocycles. The van der Waals surface area contributed by atoms with Crippen molar-refractivity contribution in [1.82, 2.24) is 14.7 Å². The minimum atomic E-state index is -3.61. The Morgan fingerprint density at radius 1 is 1.13 bits per heavy atom. The molecule has 4 N–H and O–H groups in total. The van der Waals surface area contributed by atoms with Gasteiger partial charge in [-0.25, -0.2) is 13.1 Å². The fraction of sp³-hybridized carbons (Fsp3) is 0.261. The average Bonchev–Trinajstić information content (AvgIpc) is 3.14. The molecule has 2 heterocycles. The summed E-state index contributed by atoms with van der Waals surface area (Å²) in [5, 5.41) is 2.96. The molecule has 0 aliphatic carbocycles. The zero-order valence-electron chi connectivity index (χ0n) is 17.3. The maximum absolute atomic E-state index is 12.8. The Morgan fingerprint density at radius 2 is 1.94 bits per heavy atom. The number of hydrogen-bond donors (Lipinski definition) is 3. The molecule has 0 bridgehead atoms. The molecule has 31 heavy (non-hydrogen) atoms. The van der Waals surface area contributed by atoms with E-state index in [1.54, 1.807) is 36.7 Å². The molecular formula is C23H27ClN4O2S. The molecule has 8 heteroatoms. The summed E-state index contributed by atoms with van der Waals surface area (Å²) in [6, 6.07) is 14.7. The summed E-state index contributed by atoms with van der Waals surface area (Å²) in [5.41, 5.74) is 8.67. The van der Waals surface area contributed by atoms with Gasteiger partial charge in [-0.1, -0.05) is 24.3 Å². The van der Waals surface area contributed by atoms with Crippen LogP contribution in [0.15, 0.2) is 72.0 Å². The van der Waals surface area contributed by atoms with Gasteiger partial charge in [0.25, 0.3) is 0 Å². The third-order valence-corrected chi connectivity index (χ3v) is 6.98. The number of sulfonamides is 1. The van der Waals surface area contributed by atoms with Crippen molar-refractivity contribution in [2.45, 2.75) is 43.2 Å². The molecule has 0 spiro atoms. The molecule has 0 saturated carbocycles. The monoisotopic (exact) mass is 458 g/mol. The van der Waals surface area contributed by atoms with Crippen LogP contribution >= 0.6 is 12.4 Å². The Balaban J connectivity index is 0.00000272. The minimum absolute atomic E-state index is 0. The first-order valence-electron chi connectivity index (χ1n) is 10.1. The van der Waals surface area contributed by atoms with E-state index in [1.807, 2.05) is 25.3 Å². The minimum Gasteiger partial charge on any atom is -0.361 e. The van der Waals surface area contributed by atoms with Gasteiger partial charge in [0.1, 0.15) is 0 Å². The van der Waals surface area contributed by atoms with Gasteiger partial charge in [0.15, 0.2) is 0 Å². The van der Waals surface area contributed by atoms with Crippen LogP contribution in [-0.2, 0) is 16.4 Å². The quantitative estimate of drug-likeness (QED) is 0.369. The molecule has 4 rings (SSSR count).